The molecule has 0 spiro atoms. The van der Waals surface area contributed by atoms with Crippen LogP contribution in [0.1, 0.15) is 30.9 Å². The Labute approximate surface area is 186 Å². The normalized spacial score (nSPS) is 17.6. The minimum atomic E-state index is -3.46. The van der Waals surface area contributed by atoms with Gasteiger partial charge in [0.25, 0.3) is 0 Å². The number of likely N-dealkylation sites (tertiary alicyclic amines) is 1. The molecule has 0 radical (unpaired) electrons. The van der Waals surface area contributed by atoms with Gasteiger partial charge in [0.2, 0.25) is 10.0 Å². The van der Waals surface area contributed by atoms with E-state index in [0.29, 0.717) is 12.6 Å². The predicted molar refractivity (Wildman–Crippen MR) is 125 cm³/mol. The summed E-state index contributed by atoms with van der Waals surface area (Å²) in [4.78, 5) is 7.44. The van der Waals surface area contributed by atoms with Crippen LogP contribution < -0.4 is 15.4 Å². The van der Waals surface area contributed by atoms with Gasteiger partial charge in [-0.3, -0.25) is 4.90 Å². The number of sulfonamides is 1. The molecule has 1 aliphatic heterocycles. The lowest BCUT2D eigenvalue weighted by Gasteiger charge is -2.25. The minimum absolute atomic E-state index is 0.253. The van der Waals surface area contributed by atoms with Crippen molar-refractivity contribution in [3.05, 3.63) is 65.7 Å². The summed E-state index contributed by atoms with van der Waals surface area (Å²) in [5.41, 5.74) is 2.19. The highest BCUT2D eigenvalue weighted by molar-refractivity contribution is 7.89. The number of hydrogen-bond acceptors (Lipinski definition) is 4. The van der Waals surface area contributed by atoms with Crippen molar-refractivity contribution in [3.63, 3.8) is 0 Å². The van der Waals surface area contributed by atoms with Crippen LogP contribution in [-0.2, 0) is 23.1 Å². The van der Waals surface area contributed by atoms with E-state index in [-0.39, 0.29) is 4.90 Å². The molecule has 2 aromatic carbocycles. The molecular formula is C23H33N5O2S. The maximum absolute atomic E-state index is 12.0. The van der Waals surface area contributed by atoms with Gasteiger partial charge in [0.15, 0.2) is 5.96 Å². The third kappa shape index (κ3) is 6.78. The molecule has 1 saturated heterocycles. The standard InChI is InChI=1S/C23H33N5O2S/c1-3-25-23(26-16-20-11-7-13-22(15-20)31(29,30)24-2)27-17-21-12-8-14-28(21)18-19-9-5-4-6-10-19/h4-7,9-11,13,15,21,24H,3,8,12,14,16-18H2,1-2H3,(H2,25,26,27). The van der Waals surface area contributed by atoms with Crippen LogP contribution in [0.3, 0.4) is 0 Å². The van der Waals surface area contributed by atoms with Crippen LogP contribution in [0, 0.1) is 0 Å². The third-order valence-electron chi connectivity index (χ3n) is 5.47. The Morgan fingerprint density at radius 2 is 1.87 bits per heavy atom. The molecule has 1 unspecified atom stereocenters. The van der Waals surface area contributed by atoms with Crippen molar-refractivity contribution >= 4 is 16.0 Å². The molecule has 168 valence electrons. The maximum Gasteiger partial charge on any atom is 0.240 e. The molecule has 0 aromatic heterocycles. The molecular weight excluding hydrogens is 410 g/mol. The molecule has 1 atom stereocenters. The highest BCUT2D eigenvalue weighted by Crippen LogP contribution is 2.19. The van der Waals surface area contributed by atoms with Crippen molar-refractivity contribution in [1.29, 1.82) is 0 Å². The lowest BCUT2D eigenvalue weighted by Crippen LogP contribution is -2.44. The van der Waals surface area contributed by atoms with Gasteiger partial charge in [-0.15, -0.1) is 0 Å². The lowest BCUT2D eigenvalue weighted by molar-refractivity contribution is 0.245. The van der Waals surface area contributed by atoms with Crippen LogP contribution in [0.2, 0.25) is 0 Å². The number of benzene rings is 2. The fraction of sp³-hybridized carbons (Fsp3) is 0.435. The van der Waals surface area contributed by atoms with E-state index in [9.17, 15) is 8.42 Å². The lowest BCUT2D eigenvalue weighted by atomic mass is 10.2. The first kappa shape index (κ1) is 23.2. The Balaban J connectivity index is 1.60. The zero-order valence-corrected chi connectivity index (χ0v) is 19.2. The van der Waals surface area contributed by atoms with Crippen molar-refractivity contribution in [2.45, 2.75) is 43.8 Å². The van der Waals surface area contributed by atoms with Gasteiger partial charge in [0.1, 0.15) is 0 Å². The Hall–Kier alpha value is -2.42. The molecule has 3 N–H and O–H groups in total. The molecule has 31 heavy (non-hydrogen) atoms. The first-order chi connectivity index (χ1) is 15.0. The van der Waals surface area contributed by atoms with Crippen molar-refractivity contribution in [2.75, 3.05) is 26.7 Å². The van der Waals surface area contributed by atoms with Crippen LogP contribution in [0.15, 0.2) is 64.5 Å². The molecule has 0 aliphatic carbocycles. The number of rotatable bonds is 9. The second-order valence-corrected chi connectivity index (χ2v) is 9.57. The van der Waals surface area contributed by atoms with Crippen LogP contribution in [-0.4, -0.2) is 52.0 Å². The first-order valence-corrected chi connectivity index (χ1v) is 12.3. The summed E-state index contributed by atoms with van der Waals surface area (Å²) in [6, 6.07) is 17.9. The summed E-state index contributed by atoms with van der Waals surface area (Å²) in [6.45, 7) is 6.11. The highest BCUT2D eigenvalue weighted by Gasteiger charge is 2.24. The van der Waals surface area contributed by atoms with Gasteiger partial charge in [-0.25, -0.2) is 18.1 Å². The van der Waals surface area contributed by atoms with E-state index < -0.39 is 10.0 Å². The molecule has 2 aromatic rings. The summed E-state index contributed by atoms with van der Waals surface area (Å²) in [7, 11) is -2.04. The zero-order chi connectivity index (χ0) is 22.1. The van der Waals surface area contributed by atoms with E-state index >= 15 is 0 Å². The van der Waals surface area contributed by atoms with Gasteiger partial charge in [0.05, 0.1) is 11.4 Å². The van der Waals surface area contributed by atoms with Crippen molar-refractivity contribution in [1.82, 2.24) is 20.3 Å². The predicted octanol–water partition coefficient (Wildman–Crippen LogP) is 2.31. The Bertz CT molecular complexity index is 963. The largest absolute Gasteiger partial charge is 0.357 e. The van der Waals surface area contributed by atoms with E-state index in [1.807, 2.05) is 13.0 Å². The van der Waals surface area contributed by atoms with Gasteiger partial charge < -0.3 is 10.6 Å². The van der Waals surface area contributed by atoms with Crippen LogP contribution in [0.5, 0.6) is 0 Å². The first-order valence-electron chi connectivity index (χ1n) is 10.8. The second-order valence-electron chi connectivity index (χ2n) is 7.68. The molecule has 0 saturated carbocycles. The van der Waals surface area contributed by atoms with E-state index in [2.05, 4.69) is 55.6 Å². The number of nitrogens with zero attached hydrogens (tertiary/aromatic N) is 2. The summed E-state index contributed by atoms with van der Waals surface area (Å²) in [5.74, 6) is 0.746. The topological polar surface area (TPSA) is 85.8 Å². The van der Waals surface area contributed by atoms with Gasteiger partial charge in [-0.2, -0.15) is 0 Å². The Morgan fingerprint density at radius 3 is 2.61 bits per heavy atom. The number of nitrogens with one attached hydrogen (secondary N) is 3. The summed E-state index contributed by atoms with van der Waals surface area (Å²) in [6.07, 6.45) is 2.38. The van der Waals surface area contributed by atoms with E-state index in [4.69, 9.17) is 0 Å². The van der Waals surface area contributed by atoms with Gasteiger partial charge >= 0.3 is 0 Å². The van der Waals surface area contributed by atoms with Gasteiger partial charge in [-0.1, -0.05) is 42.5 Å². The third-order valence-corrected chi connectivity index (χ3v) is 6.89. The van der Waals surface area contributed by atoms with Crippen molar-refractivity contribution in [2.24, 2.45) is 4.99 Å². The molecule has 8 heteroatoms. The Kier molecular flexibility index (Phi) is 8.45. The fourth-order valence-electron chi connectivity index (χ4n) is 3.81. The average Bonchev–Trinajstić information content (AvgIpc) is 3.23. The second kappa shape index (κ2) is 11.3. The SMILES string of the molecule is CCNC(=NCc1cccc(S(=O)(=O)NC)c1)NCC1CCCN1Cc1ccccc1. The number of guanidine groups is 1. The van der Waals surface area contributed by atoms with Crippen LogP contribution >= 0.6 is 0 Å². The number of aliphatic imine (C=N–C) groups is 1. The maximum atomic E-state index is 12.0. The molecule has 1 fully saturated rings. The van der Waals surface area contributed by atoms with E-state index in [1.165, 1.54) is 25.5 Å². The summed E-state index contributed by atoms with van der Waals surface area (Å²) in [5, 5.41) is 6.76. The van der Waals surface area contributed by atoms with Crippen molar-refractivity contribution in [3.8, 4) is 0 Å². The highest BCUT2D eigenvalue weighted by atomic mass is 32.2. The van der Waals surface area contributed by atoms with Crippen LogP contribution in [0.4, 0.5) is 0 Å². The summed E-state index contributed by atoms with van der Waals surface area (Å²) >= 11 is 0. The van der Waals surface area contributed by atoms with E-state index in [1.54, 1.807) is 18.2 Å². The van der Waals surface area contributed by atoms with E-state index in [0.717, 1.165) is 37.7 Å². The molecule has 7 nitrogen and oxygen atoms in total. The fourth-order valence-corrected chi connectivity index (χ4v) is 4.61. The van der Waals surface area contributed by atoms with Gasteiger partial charge in [0, 0.05) is 25.7 Å². The molecule has 1 aliphatic rings. The molecule has 3 rings (SSSR count). The monoisotopic (exact) mass is 443 g/mol. The smallest absolute Gasteiger partial charge is 0.240 e. The van der Waals surface area contributed by atoms with Crippen LogP contribution in [0.25, 0.3) is 0 Å². The number of hydrogen-bond donors (Lipinski definition) is 3. The van der Waals surface area contributed by atoms with Crippen molar-refractivity contribution < 1.29 is 8.42 Å². The average molecular weight is 444 g/mol. The molecule has 1 heterocycles. The van der Waals surface area contributed by atoms with Gasteiger partial charge in [-0.05, 0) is 56.6 Å². The zero-order valence-electron chi connectivity index (χ0n) is 18.3. The summed E-state index contributed by atoms with van der Waals surface area (Å²) < 4.78 is 26.4. The Morgan fingerprint density at radius 1 is 1.10 bits per heavy atom. The molecule has 0 bridgehead atoms. The molecule has 0 amide bonds. The quantitative estimate of drug-likeness (QED) is 0.409. The minimum Gasteiger partial charge on any atom is -0.357 e.